The van der Waals surface area contributed by atoms with Gasteiger partial charge in [-0.1, -0.05) is 0 Å². The monoisotopic (exact) mass is 430 g/mol. The van der Waals surface area contributed by atoms with Crippen LogP contribution in [0.15, 0.2) is 22.8 Å². The lowest BCUT2D eigenvalue weighted by Crippen LogP contribution is -2.58. The van der Waals surface area contributed by atoms with Crippen molar-refractivity contribution in [3.05, 3.63) is 24.2 Å². The number of furan rings is 1. The second-order valence-corrected chi connectivity index (χ2v) is 8.07. The third-order valence-electron chi connectivity index (χ3n) is 6.17. The lowest BCUT2D eigenvalue weighted by Gasteiger charge is -2.40. The average Bonchev–Trinajstić information content (AvgIpc) is 3.44. The highest BCUT2D eigenvalue weighted by Gasteiger charge is 2.38. The molecule has 4 heterocycles. The number of piperazine rings is 1. The highest BCUT2D eigenvalue weighted by Crippen LogP contribution is 2.22. The van der Waals surface area contributed by atoms with E-state index >= 15 is 0 Å². The maximum Gasteiger partial charge on any atom is 0.290 e. The molecule has 3 fully saturated rings. The molecule has 1 aromatic rings. The van der Waals surface area contributed by atoms with Crippen LogP contribution in [0.5, 0.6) is 0 Å². The fraction of sp³-hybridized carbons (Fsp3) is 0.571. The molecule has 0 N–H and O–H groups in total. The van der Waals surface area contributed by atoms with Gasteiger partial charge < -0.3 is 19.1 Å². The summed E-state index contributed by atoms with van der Waals surface area (Å²) in [5, 5.41) is 0. The Hall–Kier alpha value is -3.17. The number of rotatable bonds is 4. The fourth-order valence-electron chi connectivity index (χ4n) is 4.39. The van der Waals surface area contributed by atoms with Crippen LogP contribution >= 0.6 is 0 Å². The zero-order chi connectivity index (χ0) is 22.0. The van der Waals surface area contributed by atoms with Crippen LogP contribution in [-0.4, -0.2) is 94.4 Å². The van der Waals surface area contributed by atoms with Gasteiger partial charge in [0.25, 0.3) is 5.91 Å². The predicted molar refractivity (Wildman–Crippen MR) is 106 cm³/mol. The molecule has 0 spiro atoms. The number of piperidine rings is 1. The van der Waals surface area contributed by atoms with Crippen molar-refractivity contribution in [1.29, 1.82) is 0 Å². The Bertz CT molecular complexity index is 858. The van der Waals surface area contributed by atoms with Gasteiger partial charge in [0.15, 0.2) is 5.76 Å². The molecule has 0 aromatic carbocycles. The van der Waals surface area contributed by atoms with Crippen molar-refractivity contribution in [3.63, 3.8) is 0 Å². The molecular formula is C21H26N4O6. The highest BCUT2D eigenvalue weighted by molar-refractivity contribution is 6.04. The third-order valence-corrected chi connectivity index (χ3v) is 6.17. The molecule has 3 aliphatic rings. The Morgan fingerprint density at radius 3 is 2.26 bits per heavy atom. The first-order chi connectivity index (χ1) is 15.0. The molecule has 0 bridgehead atoms. The van der Waals surface area contributed by atoms with Crippen LogP contribution < -0.4 is 0 Å². The van der Waals surface area contributed by atoms with Gasteiger partial charge in [-0.05, 0) is 31.4 Å². The SMILES string of the molecule is O=C(CN1C(=O)CCC1=O)N1CCN(C(=O)C2CCCCN2C(=O)c2ccco2)CC1. The average molecular weight is 430 g/mol. The Labute approximate surface area is 179 Å². The van der Waals surface area contributed by atoms with Crippen LogP contribution in [0, 0.1) is 0 Å². The summed E-state index contributed by atoms with van der Waals surface area (Å²) in [5.41, 5.74) is 0. The summed E-state index contributed by atoms with van der Waals surface area (Å²) in [5.74, 6) is -1.09. The Kier molecular flexibility index (Phi) is 6.06. The maximum absolute atomic E-state index is 13.2. The van der Waals surface area contributed by atoms with E-state index in [2.05, 4.69) is 0 Å². The molecule has 0 aliphatic carbocycles. The quantitative estimate of drug-likeness (QED) is 0.626. The van der Waals surface area contributed by atoms with Crippen molar-refractivity contribution in [1.82, 2.24) is 19.6 Å². The van der Waals surface area contributed by atoms with Crippen LogP contribution in [0.1, 0.15) is 42.7 Å². The fourth-order valence-corrected chi connectivity index (χ4v) is 4.39. The van der Waals surface area contributed by atoms with Crippen molar-refractivity contribution < 1.29 is 28.4 Å². The molecule has 1 unspecified atom stereocenters. The van der Waals surface area contributed by atoms with Gasteiger partial charge in [0.05, 0.1) is 6.26 Å². The van der Waals surface area contributed by atoms with Gasteiger partial charge >= 0.3 is 0 Å². The minimum Gasteiger partial charge on any atom is -0.459 e. The molecule has 3 saturated heterocycles. The van der Waals surface area contributed by atoms with Gasteiger partial charge in [-0.15, -0.1) is 0 Å². The number of imide groups is 1. The van der Waals surface area contributed by atoms with E-state index in [1.54, 1.807) is 26.8 Å². The number of carbonyl (C=O) groups is 5. The highest BCUT2D eigenvalue weighted by atomic mass is 16.3. The Morgan fingerprint density at radius 2 is 1.61 bits per heavy atom. The smallest absolute Gasteiger partial charge is 0.290 e. The van der Waals surface area contributed by atoms with Crippen LogP contribution in [0.2, 0.25) is 0 Å². The normalized spacial score (nSPS) is 22.3. The van der Waals surface area contributed by atoms with E-state index in [0.29, 0.717) is 39.1 Å². The van der Waals surface area contributed by atoms with Gasteiger partial charge in [-0.25, -0.2) is 0 Å². The minimum absolute atomic E-state index is 0.114. The second kappa shape index (κ2) is 8.91. The van der Waals surface area contributed by atoms with E-state index in [0.717, 1.165) is 17.7 Å². The molecule has 10 heteroatoms. The molecule has 31 heavy (non-hydrogen) atoms. The molecule has 5 amide bonds. The molecule has 4 rings (SSSR count). The zero-order valence-electron chi connectivity index (χ0n) is 17.3. The number of amides is 5. The van der Waals surface area contributed by atoms with E-state index in [9.17, 15) is 24.0 Å². The van der Waals surface area contributed by atoms with Gasteiger partial charge in [0.2, 0.25) is 23.6 Å². The van der Waals surface area contributed by atoms with Crippen molar-refractivity contribution in [2.24, 2.45) is 0 Å². The van der Waals surface area contributed by atoms with Gasteiger partial charge in [-0.2, -0.15) is 0 Å². The van der Waals surface area contributed by atoms with E-state index < -0.39 is 6.04 Å². The van der Waals surface area contributed by atoms with Crippen LogP contribution in [0.3, 0.4) is 0 Å². The standard InChI is InChI=1S/C21H26N4O6/c26-17-6-7-18(27)25(17)14-19(28)22-9-11-23(12-10-22)20(29)15-4-1-2-8-24(15)21(30)16-5-3-13-31-16/h3,5,13,15H,1-2,4,6-12,14H2. The number of likely N-dealkylation sites (tertiary alicyclic amines) is 2. The van der Waals surface area contributed by atoms with Crippen molar-refractivity contribution in [3.8, 4) is 0 Å². The van der Waals surface area contributed by atoms with Crippen LogP contribution in [0.25, 0.3) is 0 Å². The summed E-state index contributed by atoms with van der Waals surface area (Å²) in [6.45, 7) is 1.64. The topological polar surface area (TPSA) is 111 Å². The number of hydrogen-bond donors (Lipinski definition) is 0. The van der Waals surface area contributed by atoms with E-state index in [1.807, 2.05) is 0 Å². The molecule has 1 atom stereocenters. The van der Waals surface area contributed by atoms with Gasteiger partial charge in [-0.3, -0.25) is 28.9 Å². The lowest BCUT2D eigenvalue weighted by atomic mass is 10.00. The van der Waals surface area contributed by atoms with Crippen molar-refractivity contribution >= 4 is 29.5 Å². The molecule has 0 radical (unpaired) electrons. The lowest BCUT2D eigenvalue weighted by molar-refractivity contribution is -0.147. The molecule has 10 nitrogen and oxygen atoms in total. The van der Waals surface area contributed by atoms with Gasteiger partial charge in [0, 0.05) is 45.6 Å². The Morgan fingerprint density at radius 1 is 0.935 bits per heavy atom. The second-order valence-electron chi connectivity index (χ2n) is 8.07. The molecule has 0 saturated carbocycles. The molecular weight excluding hydrogens is 404 g/mol. The van der Waals surface area contributed by atoms with Gasteiger partial charge in [0.1, 0.15) is 12.6 Å². The largest absolute Gasteiger partial charge is 0.459 e. The minimum atomic E-state index is -0.534. The van der Waals surface area contributed by atoms with Crippen LogP contribution in [0.4, 0.5) is 0 Å². The van der Waals surface area contributed by atoms with E-state index in [1.165, 1.54) is 6.26 Å². The molecule has 166 valence electrons. The van der Waals surface area contributed by atoms with Crippen molar-refractivity contribution in [2.45, 2.75) is 38.1 Å². The first-order valence-electron chi connectivity index (χ1n) is 10.7. The summed E-state index contributed by atoms with van der Waals surface area (Å²) in [7, 11) is 0. The predicted octanol–water partition coefficient (Wildman–Crippen LogP) is 0.0941. The summed E-state index contributed by atoms with van der Waals surface area (Å²) in [6, 6.07) is 2.71. The summed E-state index contributed by atoms with van der Waals surface area (Å²) < 4.78 is 5.22. The van der Waals surface area contributed by atoms with E-state index in [4.69, 9.17) is 4.42 Å². The number of nitrogens with zero attached hydrogens (tertiary/aromatic N) is 4. The summed E-state index contributed by atoms with van der Waals surface area (Å²) in [6.07, 6.45) is 4.06. The summed E-state index contributed by atoms with van der Waals surface area (Å²) >= 11 is 0. The third kappa shape index (κ3) is 4.33. The first kappa shape index (κ1) is 21.1. The number of hydrogen-bond acceptors (Lipinski definition) is 6. The zero-order valence-corrected chi connectivity index (χ0v) is 17.3. The first-order valence-corrected chi connectivity index (χ1v) is 10.7. The number of carbonyl (C=O) groups excluding carboxylic acids is 5. The molecule has 3 aliphatic heterocycles. The maximum atomic E-state index is 13.2. The molecule has 1 aromatic heterocycles. The Balaban J connectivity index is 1.34. The van der Waals surface area contributed by atoms with E-state index in [-0.39, 0.29) is 54.7 Å². The summed E-state index contributed by atoms with van der Waals surface area (Å²) in [4.78, 5) is 67.8. The van der Waals surface area contributed by atoms with Crippen molar-refractivity contribution in [2.75, 3.05) is 39.3 Å². The van der Waals surface area contributed by atoms with Crippen LogP contribution in [-0.2, 0) is 19.2 Å².